The maximum Gasteiger partial charge on any atom is 0.451 e. The topological polar surface area (TPSA) is 89.0 Å². The molecule has 1 aliphatic heterocycles. The van der Waals surface area contributed by atoms with E-state index in [4.69, 9.17) is 0 Å². The number of carbonyl (C=O) groups is 1. The second-order valence-electron chi connectivity index (χ2n) is 5.57. The Morgan fingerprint density at radius 3 is 2.44 bits per heavy atom. The van der Waals surface area contributed by atoms with Crippen LogP contribution >= 0.6 is 0 Å². The molecular formula is C15H12F3N3O3S. The van der Waals surface area contributed by atoms with Gasteiger partial charge in [0, 0.05) is 12.4 Å². The summed E-state index contributed by atoms with van der Waals surface area (Å²) in [6.45, 7) is 0. The minimum Gasteiger partial charge on any atom is -0.344 e. The fourth-order valence-electron chi connectivity index (χ4n) is 2.60. The van der Waals surface area contributed by atoms with Gasteiger partial charge in [-0.3, -0.25) is 4.79 Å². The monoisotopic (exact) mass is 371 g/mol. The lowest BCUT2D eigenvalue weighted by molar-refractivity contribution is -0.145. The fourth-order valence-corrected chi connectivity index (χ4v) is 4.22. The SMILES string of the molecule is O=C(NC1CS(=O)(=O)Cc2ccccc21)c1cnc(C(F)(F)F)nc1. The number of fused-ring (bicyclic) bond motifs is 1. The van der Waals surface area contributed by atoms with Crippen LogP contribution in [0.4, 0.5) is 13.2 Å². The van der Waals surface area contributed by atoms with E-state index in [9.17, 15) is 26.4 Å². The molecule has 0 fully saturated rings. The summed E-state index contributed by atoms with van der Waals surface area (Å²) in [5, 5.41) is 2.53. The number of hydrogen-bond donors (Lipinski definition) is 1. The molecule has 25 heavy (non-hydrogen) atoms. The van der Waals surface area contributed by atoms with Crippen molar-refractivity contribution in [1.29, 1.82) is 0 Å². The Balaban J connectivity index is 1.83. The fraction of sp³-hybridized carbons (Fsp3) is 0.267. The van der Waals surface area contributed by atoms with Crippen LogP contribution in [0.3, 0.4) is 0 Å². The zero-order chi connectivity index (χ0) is 18.2. The summed E-state index contributed by atoms with van der Waals surface area (Å²) in [4.78, 5) is 18.5. The number of hydrogen-bond acceptors (Lipinski definition) is 5. The zero-order valence-electron chi connectivity index (χ0n) is 12.6. The van der Waals surface area contributed by atoms with E-state index in [-0.39, 0.29) is 17.1 Å². The van der Waals surface area contributed by atoms with Gasteiger partial charge in [-0.05, 0) is 11.1 Å². The first-order chi connectivity index (χ1) is 11.7. The smallest absolute Gasteiger partial charge is 0.344 e. The number of carbonyl (C=O) groups excluding carboxylic acids is 1. The highest BCUT2D eigenvalue weighted by Crippen LogP contribution is 2.28. The van der Waals surface area contributed by atoms with Gasteiger partial charge in [-0.25, -0.2) is 18.4 Å². The predicted octanol–water partition coefficient (Wildman–Crippen LogP) is 1.89. The number of sulfone groups is 1. The zero-order valence-corrected chi connectivity index (χ0v) is 13.4. The highest BCUT2D eigenvalue weighted by atomic mass is 32.2. The van der Waals surface area contributed by atoms with Crippen molar-refractivity contribution in [1.82, 2.24) is 15.3 Å². The minimum absolute atomic E-state index is 0.112. The summed E-state index contributed by atoms with van der Waals surface area (Å²) >= 11 is 0. The van der Waals surface area contributed by atoms with Gasteiger partial charge in [0.15, 0.2) is 9.84 Å². The van der Waals surface area contributed by atoms with E-state index in [1.165, 1.54) is 0 Å². The van der Waals surface area contributed by atoms with Crippen molar-refractivity contribution < 1.29 is 26.4 Å². The van der Waals surface area contributed by atoms with Crippen LogP contribution in [-0.2, 0) is 21.8 Å². The second kappa shape index (κ2) is 6.10. The molecule has 2 heterocycles. The first kappa shape index (κ1) is 17.3. The van der Waals surface area contributed by atoms with Gasteiger partial charge in [-0.15, -0.1) is 0 Å². The standard InChI is InChI=1S/C15H12F3N3O3S/c16-15(17,18)14-19-5-10(6-20-14)13(22)21-12-8-25(23,24)7-9-3-1-2-4-11(9)12/h1-6,12H,7-8H2,(H,21,22). The molecule has 10 heteroatoms. The molecule has 6 nitrogen and oxygen atoms in total. The van der Waals surface area contributed by atoms with Crippen molar-refractivity contribution in [3.63, 3.8) is 0 Å². The molecule has 1 aromatic carbocycles. The Hall–Kier alpha value is -2.49. The van der Waals surface area contributed by atoms with Crippen LogP contribution in [-0.4, -0.2) is 30.0 Å². The van der Waals surface area contributed by atoms with Crippen molar-refractivity contribution in [3.8, 4) is 0 Å². The Morgan fingerprint density at radius 2 is 1.80 bits per heavy atom. The molecule has 0 bridgehead atoms. The van der Waals surface area contributed by atoms with Crippen molar-refractivity contribution in [2.75, 3.05) is 5.75 Å². The Bertz CT molecular complexity index is 912. The average molecular weight is 371 g/mol. The van der Waals surface area contributed by atoms with E-state index in [1.807, 2.05) is 0 Å². The highest BCUT2D eigenvalue weighted by molar-refractivity contribution is 7.90. The molecule has 0 saturated heterocycles. The maximum atomic E-state index is 12.5. The summed E-state index contributed by atoms with van der Waals surface area (Å²) in [6, 6.07) is 5.99. The quantitative estimate of drug-likeness (QED) is 0.871. The van der Waals surface area contributed by atoms with Crippen LogP contribution in [0.15, 0.2) is 36.7 Å². The number of benzene rings is 1. The third-order valence-corrected chi connectivity index (χ3v) is 5.29. The molecule has 0 saturated carbocycles. The molecule has 132 valence electrons. The lowest BCUT2D eigenvalue weighted by Crippen LogP contribution is -2.37. The number of alkyl halides is 3. The van der Waals surface area contributed by atoms with Gasteiger partial charge < -0.3 is 5.32 Å². The second-order valence-corrected chi connectivity index (χ2v) is 7.68. The van der Waals surface area contributed by atoms with E-state index >= 15 is 0 Å². The molecule has 1 N–H and O–H groups in total. The molecule has 0 spiro atoms. The number of halogens is 3. The number of nitrogens with one attached hydrogen (secondary N) is 1. The van der Waals surface area contributed by atoms with Crippen LogP contribution < -0.4 is 5.32 Å². The Morgan fingerprint density at radius 1 is 1.16 bits per heavy atom. The van der Waals surface area contributed by atoms with Gasteiger partial charge in [0.2, 0.25) is 5.82 Å². The van der Waals surface area contributed by atoms with Crippen LogP contribution in [0.5, 0.6) is 0 Å². The van der Waals surface area contributed by atoms with Gasteiger partial charge in [0.05, 0.1) is 23.1 Å². The summed E-state index contributed by atoms with van der Waals surface area (Å²) in [7, 11) is -3.39. The van der Waals surface area contributed by atoms with Crippen LogP contribution in [0.1, 0.15) is 33.4 Å². The highest BCUT2D eigenvalue weighted by Gasteiger charge is 2.35. The average Bonchev–Trinajstić information content (AvgIpc) is 2.53. The molecule has 1 atom stereocenters. The third-order valence-electron chi connectivity index (χ3n) is 3.70. The molecule has 3 rings (SSSR count). The Labute approximate surface area is 141 Å². The lowest BCUT2D eigenvalue weighted by Gasteiger charge is -2.26. The van der Waals surface area contributed by atoms with Crippen molar-refractivity contribution in [2.45, 2.75) is 18.0 Å². The van der Waals surface area contributed by atoms with E-state index < -0.39 is 33.8 Å². The third kappa shape index (κ3) is 3.78. The molecule has 0 aliphatic carbocycles. The summed E-state index contributed by atoms with van der Waals surface area (Å²) in [5.41, 5.74) is 1.06. The minimum atomic E-state index is -4.70. The molecule has 1 amide bonds. The van der Waals surface area contributed by atoms with E-state index in [0.717, 1.165) is 12.4 Å². The molecule has 0 radical (unpaired) electrons. The summed E-state index contributed by atoms with van der Waals surface area (Å²) < 4.78 is 61.3. The molecule has 1 aliphatic rings. The molecule has 1 aromatic heterocycles. The van der Waals surface area contributed by atoms with Gasteiger partial charge in [0.25, 0.3) is 5.91 Å². The first-order valence-electron chi connectivity index (χ1n) is 7.14. The Kier molecular flexibility index (Phi) is 4.23. The van der Waals surface area contributed by atoms with Crippen molar-refractivity contribution in [3.05, 3.63) is 59.2 Å². The van der Waals surface area contributed by atoms with Gasteiger partial charge in [-0.1, -0.05) is 24.3 Å². The number of amides is 1. The lowest BCUT2D eigenvalue weighted by atomic mass is 10.0. The van der Waals surface area contributed by atoms with Crippen molar-refractivity contribution >= 4 is 15.7 Å². The summed E-state index contributed by atoms with van der Waals surface area (Å²) in [6.07, 6.45) is -3.19. The number of nitrogens with zero attached hydrogens (tertiary/aromatic N) is 2. The van der Waals surface area contributed by atoms with Gasteiger partial charge >= 0.3 is 6.18 Å². The van der Waals surface area contributed by atoms with Gasteiger partial charge in [0.1, 0.15) is 0 Å². The first-order valence-corrected chi connectivity index (χ1v) is 8.96. The van der Waals surface area contributed by atoms with Crippen LogP contribution in [0.2, 0.25) is 0 Å². The predicted molar refractivity (Wildman–Crippen MR) is 81.2 cm³/mol. The number of rotatable bonds is 2. The van der Waals surface area contributed by atoms with E-state index in [0.29, 0.717) is 11.1 Å². The van der Waals surface area contributed by atoms with Crippen LogP contribution in [0.25, 0.3) is 0 Å². The van der Waals surface area contributed by atoms with E-state index in [1.54, 1.807) is 24.3 Å². The largest absolute Gasteiger partial charge is 0.451 e. The normalized spacial score (nSPS) is 19.1. The van der Waals surface area contributed by atoms with E-state index in [2.05, 4.69) is 15.3 Å². The van der Waals surface area contributed by atoms with Gasteiger partial charge in [-0.2, -0.15) is 13.2 Å². The summed E-state index contributed by atoms with van der Waals surface area (Å²) in [5.74, 6) is -2.49. The van der Waals surface area contributed by atoms with Crippen LogP contribution in [0, 0.1) is 0 Å². The number of aromatic nitrogens is 2. The maximum absolute atomic E-state index is 12.5. The molecular weight excluding hydrogens is 359 g/mol. The molecule has 1 unspecified atom stereocenters. The molecule has 2 aromatic rings. The van der Waals surface area contributed by atoms with Crippen molar-refractivity contribution in [2.24, 2.45) is 0 Å².